The number of halogens is 1. The number of rotatable bonds is 2. The minimum absolute atomic E-state index is 0.0692. The number of hydrogen-bond donors (Lipinski definition) is 0. The summed E-state index contributed by atoms with van der Waals surface area (Å²) in [6.07, 6.45) is 3.88. The first-order valence-electron chi connectivity index (χ1n) is 8.03. The second-order valence-corrected chi connectivity index (χ2v) is 8.54. The lowest BCUT2D eigenvalue weighted by atomic mass is 9.68. The van der Waals surface area contributed by atoms with E-state index in [-0.39, 0.29) is 5.41 Å². The van der Waals surface area contributed by atoms with Gasteiger partial charge in [0.15, 0.2) is 0 Å². The zero-order chi connectivity index (χ0) is 15.2. The predicted octanol–water partition coefficient (Wildman–Crippen LogP) is 6.22. The monoisotopic (exact) mass is 348 g/mol. The Hall–Kier alpha value is -0.760. The third kappa shape index (κ3) is 2.67. The molecule has 2 aromatic rings. The van der Waals surface area contributed by atoms with Gasteiger partial charge in [-0.25, -0.2) is 0 Å². The van der Waals surface area contributed by atoms with Crippen molar-refractivity contribution in [2.75, 3.05) is 0 Å². The van der Waals surface area contributed by atoms with Crippen molar-refractivity contribution in [3.63, 3.8) is 0 Å². The van der Waals surface area contributed by atoms with Gasteiger partial charge in [-0.05, 0) is 43.2 Å². The van der Waals surface area contributed by atoms with Crippen molar-refractivity contribution in [3.05, 3.63) is 35.6 Å². The van der Waals surface area contributed by atoms with Gasteiger partial charge in [0.25, 0.3) is 0 Å². The molecule has 1 nitrogen and oxygen atoms in total. The molecule has 3 atom stereocenters. The molecule has 21 heavy (non-hydrogen) atoms. The Balaban J connectivity index is 1.97. The van der Waals surface area contributed by atoms with Crippen LogP contribution in [0.4, 0.5) is 0 Å². The fourth-order valence-corrected chi connectivity index (χ4v) is 5.40. The molecule has 1 aromatic heterocycles. The van der Waals surface area contributed by atoms with E-state index in [0.29, 0.717) is 10.7 Å². The van der Waals surface area contributed by atoms with E-state index in [2.05, 4.69) is 67.9 Å². The van der Waals surface area contributed by atoms with Crippen LogP contribution in [-0.4, -0.2) is 4.83 Å². The Morgan fingerprint density at radius 3 is 2.67 bits per heavy atom. The number of fused-ring (bicyclic) bond motifs is 1. The molecule has 0 radical (unpaired) electrons. The number of alkyl halides is 1. The van der Waals surface area contributed by atoms with Crippen LogP contribution in [0, 0.1) is 18.8 Å². The molecule has 1 aromatic carbocycles. The standard InChI is InChI=1S/C19H25BrO/c1-12-8-9-15(16(20)10-12)19(3,4)17-11-14-7-5-6-13(2)18(14)21-17/h5-7,11-12,15-16H,8-10H2,1-4H3. The zero-order valence-electron chi connectivity index (χ0n) is 13.4. The summed E-state index contributed by atoms with van der Waals surface area (Å²) in [4.78, 5) is 0.588. The summed E-state index contributed by atoms with van der Waals surface area (Å²) < 4.78 is 6.27. The fourth-order valence-electron chi connectivity index (χ4n) is 3.83. The van der Waals surface area contributed by atoms with Crippen LogP contribution in [0.15, 0.2) is 28.7 Å². The van der Waals surface area contributed by atoms with Gasteiger partial charge >= 0.3 is 0 Å². The van der Waals surface area contributed by atoms with Crippen LogP contribution >= 0.6 is 15.9 Å². The molecule has 0 bridgehead atoms. The minimum Gasteiger partial charge on any atom is -0.460 e. The van der Waals surface area contributed by atoms with Crippen LogP contribution in [0.25, 0.3) is 11.0 Å². The average molecular weight is 349 g/mol. The number of benzene rings is 1. The third-order valence-electron chi connectivity index (χ3n) is 5.34. The Labute approximate surface area is 136 Å². The van der Waals surface area contributed by atoms with Gasteiger partial charge in [0, 0.05) is 15.6 Å². The van der Waals surface area contributed by atoms with E-state index < -0.39 is 0 Å². The quantitative estimate of drug-likeness (QED) is 0.587. The highest BCUT2D eigenvalue weighted by Gasteiger charge is 2.40. The van der Waals surface area contributed by atoms with Crippen molar-refractivity contribution in [2.24, 2.45) is 11.8 Å². The maximum atomic E-state index is 6.27. The molecule has 0 N–H and O–H groups in total. The largest absolute Gasteiger partial charge is 0.460 e. The summed E-state index contributed by atoms with van der Waals surface area (Å²) in [6.45, 7) is 9.17. The van der Waals surface area contributed by atoms with E-state index >= 15 is 0 Å². The molecule has 3 rings (SSSR count). The normalized spacial score (nSPS) is 27.2. The van der Waals surface area contributed by atoms with E-state index in [0.717, 1.165) is 17.3 Å². The van der Waals surface area contributed by atoms with Gasteiger partial charge in [-0.3, -0.25) is 0 Å². The van der Waals surface area contributed by atoms with Gasteiger partial charge in [-0.2, -0.15) is 0 Å². The van der Waals surface area contributed by atoms with E-state index in [1.54, 1.807) is 0 Å². The molecule has 1 fully saturated rings. The lowest BCUT2D eigenvalue weighted by molar-refractivity contribution is 0.192. The van der Waals surface area contributed by atoms with Gasteiger partial charge in [0.2, 0.25) is 0 Å². The van der Waals surface area contributed by atoms with Crippen molar-refractivity contribution in [1.29, 1.82) is 0 Å². The van der Waals surface area contributed by atoms with Crippen LogP contribution in [0.5, 0.6) is 0 Å². The minimum atomic E-state index is 0.0692. The molecule has 1 aliphatic rings. The van der Waals surface area contributed by atoms with Crippen LogP contribution < -0.4 is 0 Å². The molecule has 0 spiro atoms. The van der Waals surface area contributed by atoms with E-state index in [9.17, 15) is 0 Å². The zero-order valence-corrected chi connectivity index (χ0v) is 15.0. The molecule has 1 heterocycles. The molecule has 3 unspecified atom stereocenters. The van der Waals surface area contributed by atoms with E-state index in [4.69, 9.17) is 4.42 Å². The summed E-state index contributed by atoms with van der Waals surface area (Å²) in [5.74, 6) is 2.60. The van der Waals surface area contributed by atoms with Crippen LogP contribution in [-0.2, 0) is 5.41 Å². The first kappa shape index (κ1) is 15.1. The third-order valence-corrected chi connectivity index (χ3v) is 6.35. The Bertz CT molecular complexity index is 640. The lowest BCUT2D eigenvalue weighted by Gasteiger charge is -2.40. The smallest absolute Gasteiger partial charge is 0.137 e. The van der Waals surface area contributed by atoms with Crippen LogP contribution in [0.1, 0.15) is 51.4 Å². The average Bonchev–Trinajstić information content (AvgIpc) is 2.84. The Kier molecular flexibility index (Phi) is 3.94. The van der Waals surface area contributed by atoms with Crippen molar-refractivity contribution in [2.45, 2.75) is 57.2 Å². The van der Waals surface area contributed by atoms with Crippen LogP contribution in [0.2, 0.25) is 0 Å². The highest BCUT2D eigenvalue weighted by Crippen LogP contribution is 2.46. The van der Waals surface area contributed by atoms with Gasteiger partial charge in [0.1, 0.15) is 11.3 Å². The number of aryl methyl sites for hydroxylation is 1. The molecule has 0 amide bonds. The summed E-state index contributed by atoms with van der Waals surface area (Å²) in [7, 11) is 0. The molecule has 114 valence electrons. The molecule has 0 saturated heterocycles. The Morgan fingerprint density at radius 1 is 1.24 bits per heavy atom. The van der Waals surface area contributed by atoms with Gasteiger partial charge in [0.05, 0.1) is 0 Å². The van der Waals surface area contributed by atoms with Gasteiger partial charge < -0.3 is 4.42 Å². The SMILES string of the molecule is Cc1cccc2cc(C(C)(C)C3CCC(C)CC3Br)oc12. The van der Waals surface area contributed by atoms with Crippen molar-refractivity contribution >= 4 is 26.9 Å². The van der Waals surface area contributed by atoms with Crippen LogP contribution in [0.3, 0.4) is 0 Å². The first-order valence-corrected chi connectivity index (χ1v) is 8.95. The maximum absolute atomic E-state index is 6.27. The van der Waals surface area contributed by atoms with Crippen molar-refractivity contribution in [3.8, 4) is 0 Å². The molecule has 1 saturated carbocycles. The van der Waals surface area contributed by atoms with Gasteiger partial charge in [-0.1, -0.05) is 61.3 Å². The summed E-state index contributed by atoms with van der Waals surface area (Å²) >= 11 is 3.94. The number of furan rings is 1. The topological polar surface area (TPSA) is 13.1 Å². The molecule has 2 heteroatoms. The second-order valence-electron chi connectivity index (χ2n) is 7.37. The highest BCUT2D eigenvalue weighted by molar-refractivity contribution is 9.09. The van der Waals surface area contributed by atoms with E-state index in [1.165, 1.54) is 30.2 Å². The molecular weight excluding hydrogens is 324 g/mol. The Morgan fingerprint density at radius 2 is 2.00 bits per heavy atom. The summed E-state index contributed by atoms with van der Waals surface area (Å²) in [6, 6.07) is 8.64. The molecule has 0 aliphatic heterocycles. The maximum Gasteiger partial charge on any atom is 0.137 e. The predicted molar refractivity (Wildman–Crippen MR) is 93.2 cm³/mol. The first-order chi connectivity index (χ1) is 9.89. The van der Waals surface area contributed by atoms with Crippen molar-refractivity contribution in [1.82, 2.24) is 0 Å². The molecule has 1 aliphatic carbocycles. The lowest BCUT2D eigenvalue weighted by Crippen LogP contribution is -2.38. The fraction of sp³-hybridized carbons (Fsp3) is 0.579. The van der Waals surface area contributed by atoms with Crippen molar-refractivity contribution < 1.29 is 4.42 Å². The number of hydrogen-bond acceptors (Lipinski definition) is 1. The summed E-state index contributed by atoms with van der Waals surface area (Å²) in [5.41, 5.74) is 2.35. The summed E-state index contributed by atoms with van der Waals surface area (Å²) in [5, 5.41) is 1.23. The number of para-hydroxylation sites is 1. The van der Waals surface area contributed by atoms with Gasteiger partial charge in [-0.15, -0.1) is 0 Å². The van der Waals surface area contributed by atoms with E-state index in [1.807, 2.05) is 0 Å². The second kappa shape index (κ2) is 5.46. The molecular formula is C19H25BrO. The highest BCUT2D eigenvalue weighted by atomic mass is 79.9.